The van der Waals surface area contributed by atoms with Crippen molar-refractivity contribution in [3.8, 4) is 0 Å². The van der Waals surface area contributed by atoms with Crippen molar-refractivity contribution in [3.05, 3.63) is 0 Å². The second-order valence-corrected chi connectivity index (χ2v) is 1.43. The maximum Gasteiger partial charge on any atom is 0.219 e. The van der Waals surface area contributed by atoms with Crippen molar-refractivity contribution in [1.82, 2.24) is 0 Å². The lowest BCUT2D eigenvalue weighted by molar-refractivity contribution is -0.0833. The molecule has 4 heteroatoms. The van der Waals surface area contributed by atoms with Crippen LogP contribution in [0, 0.1) is 5.41 Å². The monoisotopic (exact) mass is 104 g/mol. The van der Waals surface area contributed by atoms with E-state index in [2.05, 4.69) is 5.73 Å². The van der Waals surface area contributed by atoms with Crippen LogP contribution in [0.5, 0.6) is 0 Å². The molecule has 0 rings (SSSR count). The van der Waals surface area contributed by atoms with E-state index in [9.17, 15) is 0 Å². The molecule has 0 bridgehead atoms. The first-order valence-corrected chi connectivity index (χ1v) is 1.74. The molecule has 0 unspecified atom stereocenters. The minimum atomic E-state index is -2.14. The average Bonchev–Trinajstić information content (AvgIpc) is 1.31. The summed E-state index contributed by atoms with van der Waals surface area (Å²) in [6.07, 6.45) is 0. The Labute approximate surface area is 41.1 Å². The van der Waals surface area contributed by atoms with Crippen LogP contribution in [0.3, 0.4) is 0 Å². The minimum Gasteiger partial charge on any atom is -0.383 e. The SMILES string of the molecule is CC(O)(O)C(=N)N. The van der Waals surface area contributed by atoms with E-state index < -0.39 is 11.6 Å². The summed E-state index contributed by atoms with van der Waals surface area (Å²) < 4.78 is 0. The van der Waals surface area contributed by atoms with Gasteiger partial charge in [-0.1, -0.05) is 0 Å². The van der Waals surface area contributed by atoms with Gasteiger partial charge in [0.25, 0.3) is 0 Å². The fourth-order valence-corrected chi connectivity index (χ4v) is 0. The van der Waals surface area contributed by atoms with Gasteiger partial charge in [-0.15, -0.1) is 0 Å². The highest BCUT2D eigenvalue weighted by molar-refractivity contribution is 5.83. The molecular formula is C3H8N2O2. The molecule has 7 heavy (non-hydrogen) atoms. The van der Waals surface area contributed by atoms with E-state index in [4.69, 9.17) is 15.6 Å². The van der Waals surface area contributed by atoms with Gasteiger partial charge in [-0.25, -0.2) is 0 Å². The largest absolute Gasteiger partial charge is 0.383 e. The van der Waals surface area contributed by atoms with Crippen LogP contribution in [0.4, 0.5) is 0 Å². The zero-order valence-corrected chi connectivity index (χ0v) is 3.97. The molecule has 0 spiro atoms. The Kier molecular flexibility index (Phi) is 1.35. The van der Waals surface area contributed by atoms with E-state index in [0.29, 0.717) is 0 Å². The molecule has 0 aromatic heterocycles. The molecule has 0 aliphatic heterocycles. The van der Waals surface area contributed by atoms with Gasteiger partial charge in [0.1, 0.15) is 0 Å². The number of rotatable bonds is 1. The number of aliphatic hydroxyl groups is 2. The van der Waals surface area contributed by atoms with Crippen molar-refractivity contribution in [2.24, 2.45) is 5.73 Å². The Bertz CT molecular complexity index is 83.4. The number of amidine groups is 1. The third-order valence-corrected chi connectivity index (χ3v) is 0.510. The predicted octanol–water partition coefficient (Wildman–Crippen LogP) is -1.38. The Hall–Kier alpha value is -0.610. The lowest BCUT2D eigenvalue weighted by Crippen LogP contribution is -2.39. The lowest BCUT2D eigenvalue weighted by atomic mass is 10.3. The summed E-state index contributed by atoms with van der Waals surface area (Å²) in [4.78, 5) is 0. The number of hydrogen-bond acceptors (Lipinski definition) is 3. The van der Waals surface area contributed by atoms with Gasteiger partial charge in [-0.2, -0.15) is 0 Å². The normalized spacial score (nSPS) is 11.3. The van der Waals surface area contributed by atoms with Crippen LogP contribution >= 0.6 is 0 Å². The molecule has 0 fully saturated rings. The fraction of sp³-hybridized carbons (Fsp3) is 0.667. The van der Waals surface area contributed by atoms with E-state index >= 15 is 0 Å². The third-order valence-electron chi connectivity index (χ3n) is 0.510. The van der Waals surface area contributed by atoms with E-state index in [1.54, 1.807) is 0 Å². The predicted molar refractivity (Wildman–Crippen MR) is 24.8 cm³/mol. The zero-order chi connectivity index (χ0) is 6.08. The topological polar surface area (TPSA) is 90.3 Å². The van der Waals surface area contributed by atoms with Crippen LogP contribution < -0.4 is 5.73 Å². The van der Waals surface area contributed by atoms with Crippen molar-refractivity contribution in [1.29, 1.82) is 5.41 Å². The molecule has 0 saturated heterocycles. The molecule has 5 N–H and O–H groups in total. The maximum absolute atomic E-state index is 8.30. The van der Waals surface area contributed by atoms with E-state index in [-0.39, 0.29) is 0 Å². The zero-order valence-electron chi connectivity index (χ0n) is 3.97. The standard InChI is InChI=1S/C3H8N2O2/c1-3(6,7)2(4)5/h6-7H,1H3,(H3,4,5). The first-order chi connectivity index (χ1) is 2.94. The van der Waals surface area contributed by atoms with Crippen molar-refractivity contribution < 1.29 is 10.2 Å². The molecule has 4 nitrogen and oxygen atoms in total. The minimum absolute atomic E-state index is 0.646. The van der Waals surface area contributed by atoms with Crippen molar-refractivity contribution in [3.63, 3.8) is 0 Å². The first-order valence-electron chi connectivity index (χ1n) is 1.74. The Balaban J connectivity index is 3.79. The van der Waals surface area contributed by atoms with Crippen molar-refractivity contribution in [2.45, 2.75) is 12.7 Å². The van der Waals surface area contributed by atoms with E-state index in [0.717, 1.165) is 6.92 Å². The molecule has 0 aromatic rings. The smallest absolute Gasteiger partial charge is 0.219 e. The van der Waals surface area contributed by atoms with Crippen LogP contribution in [0.25, 0.3) is 0 Å². The van der Waals surface area contributed by atoms with Crippen LogP contribution in [0.1, 0.15) is 6.92 Å². The number of nitrogens with two attached hydrogens (primary N) is 1. The summed E-state index contributed by atoms with van der Waals surface area (Å²) >= 11 is 0. The highest BCUT2D eigenvalue weighted by Crippen LogP contribution is 1.91. The van der Waals surface area contributed by atoms with Gasteiger partial charge in [-0.3, -0.25) is 5.41 Å². The van der Waals surface area contributed by atoms with Gasteiger partial charge < -0.3 is 15.9 Å². The highest BCUT2D eigenvalue weighted by Gasteiger charge is 2.17. The van der Waals surface area contributed by atoms with Gasteiger partial charge in [-0.05, 0) is 6.92 Å². The van der Waals surface area contributed by atoms with Crippen LogP contribution in [0.15, 0.2) is 0 Å². The Morgan fingerprint density at radius 3 is 1.86 bits per heavy atom. The van der Waals surface area contributed by atoms with Crippen molar-refractivity contribution in [2.75, 3.05) is 0 Å². The highest BCUT2D eigenvalue weighted by atomic mass is 16.5. The van der Waals surface area contributed by atoms with Crippen LogP contribution in [-0.4, -0.2) is 21.8 Å². The van der Waals surface area contributed by atoms with Gasteiger partial charge in [0.2, 0.25) is 5.79 Å². The van der Waals surface area contributed by atoms with Crippen LogP contribution in [0.2, 0.25) is 0 Å². The summed E-state index contributed by atoms with van der Waals surface area (Å²) in [6, 6.07) is 0. The molecule has 0 radical (unpaired) electrons. The quantitative estimate of drug-likeness (QED) is 0.188. The second kappa shape index (κ2) is 1.48. The van der Waals surface area contributed by atoms with Gasteiger partial charge in [0.05, 0.1) is 0 Å². The second-order valence-electron chi connectivity index (χ2n) is 1.43. The van der Waals surface area contributed by atoms with Crippen molar-refractivity contribution >= 4 is 5.84 Å². The van der Waals surface area contributed by atoms with E-state index in [1.807, 2.05) is 0 Å². The average molecular weight is 104 g/mol. The summed E-state index contributed by atoms with van der Waals surface area (Å²) in [5, 5.41) is 23.0. The molecule has 0 amide bonds. The molecule has 0 saturated carbocycles. The lowest BCUT2D eigenvalue weighted by Gasteiger charge is -2.11. The number of hydrogen-bond donors (Lipinski definition) is 4. The van der Waals surface area contributed by atoms with Gasteiger partial charge >= 0.3 is 0 Å². The molecule has 0 atom stereocenters. The first kappa shape index (κ1) is 6.39. The Morgan fingerprint density at radius 1 is 1.71 bits per heavy atom. The fourth-order valence-electron chi connectivity index (χ4n) is 0. The van der Waals surface area contributed by atoms with Crippen LogP contribution in [-0.2, 0) is 0 Å². The summed E-state index contributed by atoms with van der Waals surface area (Å²) in [7, 11) is 0. The molecule has 0 aliphatic carbocycles. The molecule has 42 valence electrons. The summed E-state index contributed by atoms with van der Waals surface area (Å²) in [5.41, 5.74) is 4.65. The molecule has 0 aromatic carbocycles. The summed E-state index contributed by atoms with van der Waals surface area (Å²) in [6.45, 7) is 1.02. The molecular weight excluding hydrogens is 96.0 g/mol. The third kappa shape index (κ3) is 2.13. The van der Waals surface area contributed by atoms with Gasteiger partial charge in [0, 0.05) is 0 Å². The van der Waals surface area contributed by atoms with Gasteiger partial charge in [0.15, 0.2) is 5.84 Å². The summed E-state index contributed by atoms with van der Waals surface area (Å²) in [5.74, 6) is -2.78. The number of nitrogens with one attached hydrogen (secondary N) is 1. The van der Waals surface area contributed by atoms with E-state index in [1.165, 1.54) is 0 Å². The molecule has 0 aliphatic rings. The Morgan fingerprint density at radius 2 is 1.86 bits per heavy atom. The maximum atomic E-state index is 8.30. The molecule has 0 heterocycles.